The van der Waals surface area contributed by atoms with E-state index in [-0.39, 0.29) is 5.56 Å². The Bertz CT molecular complexity index is 927. The summed E-state index contributed by atoms with van der Waals surface area (Å²) in [5.41, 5.74) is 1.65. The van der Waals surface area contributed by atoms with Crippen molar-refractivity contribution in [2.45, 2.75) is 46.1 Å². The number of benzene rings is 1. The van der Waals surface area contributed by atoms with Crippen LogP contribution in [0.3, 0.4) is 0 Å². The minimum atomic E-state index is -0.0712. The van der Waals surface area contributed by atoms with Gasteiger partial charge < -0.3 is 5.32 Å². The molecule has 0 aliphatic heterocycles. The van der Waals surface area contributed by atoms with Crippen LogP contribution in [0.15, 0.2) is 41.3 Å². The number of hydrogen-bond donors (Lipinski definition) is 1. The summed E-state index contributed by atoms with van der Waals surface area (Å²) in [6.07, 6.45) is 6.16. The summed E-state index contributed by atoms with van der Waals surface area (Å²) in [4.78, 5) is 17.4. The summed E-state index contributed by atoms with van der Waals surface area (Å²) in [6, 6.07) is 9.19. The molecule has 3 aromatic rings. The number of nitrogens with one attached hydrogen (secondary N) is 1. The van der Waals surface area contributed by atoms with Crippen molar-refractivity contribution >= 4 is 23.2 Å². The van der Waals surface area contributed by atoms with Gasteiger partial charge in [0.2, 0.25) is 5.78 Å². The first-order valence-corrected chi connectivity index (χ1v) is 9.64. The monoisotopic (exact) mass is 372 g/mol. The fraction of sp³-hybridized carbons (Fsp3) is 0.400. The molecule has 1 N–H and O–H groups in total. The molecule has 0 aliphatic rings. The summed E-state index contributed by atoms with van der Waals surface area (Å²) in [7, 11) is 0. The number of imidazole rings is 1. The molecule has 26 heavy (non-hydrogen) atoms. The van der Waals surface area contributed by atoms with Crippen LogP contribution in [0.5, 0.6) is 0 Å². The maximum Gasteiger partial charge on any atom is 0.261 e. The fourth-order valence-electron chi connectivity index (χ4n) is 2.99. The third-order valence-electron chi connectivity index (χ3n) is 4.40. The highest BCUT2D eigenvalue weighted by Gasteiger charge is 2.13. The Morgan fingerprint density at radius 2 is 1.88 bits per heavy atom. The maximum absolute atomic E-state index is 12.6. The average Bonchev–Trinajstić information content (AvgIpc) is 3.08. The molecule has 0 amide bonds. The molecule has 138 valence electrons. The third kappa shape index (κ3) is 3.93. The molecule has 0 aliphatic carbocycles. The van der Waals surface area contributed by atoms with Crippen LogP contribution in [0.2, 0.25) is 5.02 Å². The molecule has 0 bridgehead atoms. The lowest BCUT2D eigenvalue weighted by molar-refractivity contribution is 0.604. The zero-order valence-corrected chi connectivity index (χ0v) is 16.1. The molecule has 0 saturated heterocycles. The Hall–Kier alpha value is -2.27. The van der Waals surface area contributed by atoms with Gasteiger partial charge in [-0.15, -0.1) is 0 Å². The molecule has 0 spiro atoms. The Balaban J connectivity index is 2.09. The van der Waals surface area contributed by atoms with E-state index in [1.807, 2.05) is 24.3 Å². The molecule has 0 saturated carbocycles. The lowest BCUT2D eigenvalue weighted by Gasteiger charge is -2.15. The molecule has 6 heteroatoms. The SMILES string of the molecule is CCCCCn1c(NCCC)cc(=O)n2cc(-c3ccc(Cl)cc3)nc12. The Morgan fingerprint density at radius 3 is 2.58 bits per heavy atom. The van der Waals surface area contributed by atoms with Crippen LogP contribution >= 0.6 is 11.6 Å². The van der Waals surface area contributed by atoms with Crippen molar-refractivity contribution in [1.82, 2.24) is 14.0 Å². The molecule has 3 rings (SSSR count). The minimum Gasteiger partial charge on any atom is -0.371 e. The second-order valence-corrected chi connectivity index (χ2v) is 6.89. The number of rotatable bonds is 8. The first kappa shape index (κ1) is 18.5. The second-order valence-electron chi connectivity index (χ2n) is 6.46. The number of aromatic nitrogens is 3. The van der Waals surface area contributed by atoms with Crippen molar-refractivity contribution in [2.24, 2.45) is 0 Å². The highest BCUT2D eigenvalue weighted by molar-refractivity contribution is 6.30. The number of aryl methyl sites for hydroxylation is 1. The Labute approximate surface area is 158 Å². The lowest BCUT2D eigenvalue weighted by Crippen LogP contribution is -2.21. The molecule has 0 atom stereocenters. The smallest absolute Gasteiger partial charge is 0.261 e. The zero-order valence-electron chi connectivity index (χ0n) is 15.3. The molecule has 1 aromatic carbocycles. The van der Waals surface area contributed by atoms with Crippen LogP contribution in [0.1, 0.15) is 39.5 Å². The van der Waals surface area contributed by atoms with E-state index in [1.54, 1.807) is 16.7 Å². The number of nitrogens with zero attached hydrogens (tertiary/aromatic N) is 3. The molecule has 0 fully saturated rings. The van der Waals surface area contributed by atoms with Gasteiger partial charge in [-0.25, -0.2) is 4.98 Å². The molecule has 0 unspecified atom stereocenters. The van der Waals surface area contributed by atoms with Gasteiger partial charge in [-0.2, -0.15) is 0 Å². The molecule has 0 radical (unpaired) electrons. The van der Waals surface area contributed by atoms with Crippen LogP contribution in [0.25, 0.3) is 17.0 Å². The fourth-order valence-corrected chi connectivity index (χ4v) is 3.12. The van der Waals surface area contributed by atoms with E-state index in [9.17, 15) is 4.79 Å². The summed E-state index contributed by atoms with van der Waals surface area (Å²) < 4.78 is 3.75. The first-order valence-electron chi connectivity index (χ1n) is 9.26. The largest absolute Gasteiger partial charge is 0.371 e. The summed E-state index contributed by atoms with van der Waals surface area (Å²) in [5, 5.41) is 4.05. The van der Waals surface area contributed by atoms with Crippen molar-refractivity contribution in [3.8, 4) is 11.3 Å². The number of halogens is 1. The van der Waals surface area contributed by atoms with Crippen LogP contribution in [0.4, 0.5) is 5.82 Å². The summed E-state index contributed by atoms with van der Waals surface area (Å²) in [5.74, 6) is 1.52. The molecular formula is C20H25ClN4O. The Morgan fingerprint density at radius 1 is 1.12 bits per heavy atom. The number of hydrogen-bond acceptors (Lipinski definition) is 3. The van der Waals surface area contributed by atoms with Crippen molar-refractivity contribution < 1.29 is 0 Å². The van der Waals surface area contributed by atoms with Gasteiger partial charge >= 0.3 is 0 Å². The Kier molecular flexibility index (Phi) is 5.99. The van der Waals surface area contributed by atoms with Crippen LogP contribution < -0.4 is 10.9 Å². The van der Waals surface area contributed by atoms with E-state index in [4.69, 9.17) is 16.6 Å². The van der Waals surface area contributed by atoms with Crippen LogP contribution in [0, 0.1) is 0 Å². The third-order valence-corrected chi connectivity index (χ3v) is 4.65. The minimum absolute atomic E-state index is 0.0712. The zero-order chi connectivity index (χ0) is 18.5. The predicted molar refractivity (Wildman–Crippen MR) is 108 cm³/mol. The normalized spacial score (nSPS) is 11.2. The van der Waals surface area contributed by atoms with E-state index in [0.717, 1.165) is 55.8 Å². The quantitative estimate of drug-likeness (QED) is 0.576. The van der Waals surface area contributed by atoms with E-state index < -0.39 is 0 Å². The molecule has 2 heterocycles. The maximum atomic E-state index is 12.6. The van der Waals surface area contributed by atoms with Crippen molar-refractivity contribution in [1.29, 1.82) is 0 Å². The van der Waals surface area contributed by atoms with E-state index in [0.29, 0.717) is 10.8 Å². The van der Waals surface area contributed by atoms with Gasteiger partial charge in [-0.05, 0) is 25.0 Å². The number of fused-ring (bicyclic) bond motifs is 1. The topological polar surface area (TPSA) is 51.3 Å². The van der Waals surface area contributed by atoms with Gasteiger partial charge in [0.1, 0.15) is 5.82 Å². The van der Waals surface area contributed by atoms with E-state index in [2.05, 4.69) is 23.7 Å². The van der Waals surface area contributed by atoms with Crippen molar-refractivity contribution in [3.63, 3.8) is 0 Å². The second kappa shape index (κ2) is 8.41. The number of anilines is 1. The summed E-state index contributed by atoms with van der Waals surface area (Å²) in [6.45, 7) is 5.96. The number of unbranched alkanes of at least 4 members (excludes halogenated alkanes) is 2. The average molecular weight is 373 g/mol. The van der Waals surface area contributed by atoms with Gasteiger partial charge in [-0.1, -0.05) is 50.4 Å². The van der Waals surface area contributed by atoms with Crippen molar-refractivity contribution in [2.75, 3.05) is 11.9 Å². The predicted octanol–water partition coefficient (Wildman–Crippen LogP) is 4.83. The van der Waals surface area contributed by atoms with Crippen molar-refractivity contribution in [3.05, 3.63) is 51.9 Å². The van der Waals surface area contributed by atoms with E-state index in [1.165, 1.54) is 0 Å². The highest BCUT2D eigenvalue weighted by Crippen LogP contribution is 2.22. The van der Waals surface area contributed by atoms with Gasteiger partial charge in [0.05, 0.1) is 5.69 Å². The molecule has 2 aromatic heterocycles. The lowest BCUT2D eigenvalue weighted by atomic mass is 10.2. The van der Waals surface area contributed by atoms with Gasteiger partial charge in [0, 0.05) is 35.9 Å². The summed E-state index contributed by atoms with van der Waals surface area (Å²) >= 11 is 5.98. The van der Waals surface area contributed by atoms with E-state index >= 15 is 0 Å². The highest BCUT2D eigenvalue weighted by atomic mass is 35.5. The standard InChI is InChI=1S/C20H25ClN4O/c1-3-5-6-12-24-18(22-11-4-2)13-19(26)25-14-17(23-20(24)25)15-7-9-16(21)10-8-15/h7-10,13-14,22H,3-6,11-12H2,1-2H3. The van der Waals surface area contributed by atoms with Gasteiger partial charge in [0.15, 0.2) is 0 Å². The molecular weight excluding hydrogens is 348 g/mol. The van der Waals surface area contributed by atoms with Gasteiger partial charge in [-0.3, -0.25) is 13.8 Å². The van der Waals surface area contributed by atoms with Gasteiger partial charge in [0.25, 0.3) is 5.56 Å². The first-order chi connectivity index (χ1) is 12.6. The molecule has 5 nitrogen and oxygen atoms in total. The van der Waals surface area contributed by atoms with Crippen LogP contribution in [-0.2, 0) is 6.54 Å². The van der Waals surface area contributed by atoms with Crippen LogP contribution in [-0.4, -0.2) is 20.5 Å².